The maximum Gasteiger partial charge on any atom is 0.0606 e. The van der Waals surface area contributed by atoms with Gasteiger partial charge in [0.2, 0.25) is 0 Å². The van der Waals surface area contributed by atoms with E-state index < -0.39 is 0 Å². The summed E-state index contributed by atoms with van der Waals surface area (Å²) in [4.78, 5) is 0. The minimum Gasteiger partial charge on any atom is -0.381 e. The predicted octanol–water partition coefficient (Wildman–Crippen LogP) is 4.35. The Morgan fingerprint density at radius 2 is 1.69 bits per heavy atom. The van der Waals surface area contributed by atoms with Crippen LogP contribution in [0, 0.1) is 11.8 Å². The molecule has 0 aliphatic carbocycles. The van der Waals surface area contributed by atoms with Gasteiger partial charge in [-0.05, 0) is 24.7 Å². The van der Waals surface area contributed by atoms with E-state index in [0.29, 0.717) is 17.7 Å². The van der Waals surface area contributed by atoms with E-state index in [1.165, 1.54) is 0 Å². The lowest BCUT2D eigenvalue weighted by molar-refractivity contribution is 0.499. The summed E-state index contributed by atoms with van der Waals surface area (Å²) in [6, 6.07) is 0.148. The lowest BCUT2D eigenvalue weighted by Gasteiger charge is -2.27. The molecule has 0 aliphatic heterocycles. The Morgan fingerprint density at radius 1 is 1.19 bits per heavy atom. The molecule has 0 saturated heterocycles. The highest BCUT2D eigenvalue weighted by atomic mass is 35.5. The van der Waals surface area contributed by atoms with Crippen molar-refractivity contribution in [1.82, 2.24) is 5.32 Å². The first-order chi connectivity index (χ1) is 7.47. The van der Waals surface area contributed by atoms with Gasteiger partial charge in [0.25, 0.3) is 0 Å². The molecule has 0 aromatic heterocycles. The largest absolute Gasteiger partial charge is 0.381 e. The second-order valence-corrected chi connectivity index (χ2v) is 4.93. The summed E-state index contributed by atoms with van der Waals surface area (Å²) in [5.41, 5.74) is 2.25. The Labute approximate surface area is 106 Å². The lowest BCUT2D eigenvalue weighted by atomic mass is 9.95. The Bertz CT molecular complexity index is 229. The SMILES string of the molecule is C=C(NC(CCl)C(=C)C(C)C)C(CC)CC. The highest BCUT2D eigenvalue weighted by Crippen LogP contribution is 2.19. The van der Waals surface area contributed by atoms with Crippen LogP contribution in [0.3, 0.4) is 0 Å². The summed E-state index contributed by atoms with van der Waals surface area (Å²) in [6.45, 7) is 16.9. The molecule has 0 amide bonds. The fourth-order valence-electron chi connectivity index (χ4n) is 1.76. The van der Waals surface area contributed by atoms with Crippen molar-refractivity contribution in [1.29, 1.82) is 0 Å². The summed E-state index contributed by atoms with van der Waals surface area (Å²) in [5.74, 6) is 1.53. The first-order valence-corrected chi connectivity index (χ1v) is 6.71. The fraction of sp³-hybridized carbons (Fsp3) is 0.714. The molecule has 1 nitrogen and oxygen atoms in total. The van der Waals surface area contributed by atoms with Gasteiger partial charge in [0.1, 0.15) is 0 Å². The summed E-state index contributed by atoms with van der Waals surface area (Å²) in [7, 11) is 0. The van der Waals surface area contributed by atoms with E-state index in [1.807, 2.05) is 0 Å². The average Bonchev–Trinajstić information content (AvgIpc) is 2.26. The van der Waals surface area contributed by atoms with Gasteiger partial charge in [-0.2, -0.15) is 0 Å². The van der Waals surface area contributed by atoms with E-state index in [2.05, 4.69) is 46.2 Å². The molecule has 0 aromatic carbocycles. The minimum atomic E-state index is 0.148. The number of hydrogen-bond donors (Lipinski definition) is 1. The first kappa shape index (κ1) is 15.6. The van der Waals surface area contributed by atoms with Crippen molar-refractivity contribution in [2.24, 2.45) is 11.8 Å². The Kier molecular flexibility index (Phi) is 7.57. The summed E-state index contributed by atoms with van der Waals surface area (Å²) < 4.78 is 0. The maximum atomic E-state index is 5.98. The molecule has 0 rings (SSSR count). The molecular weight excluding hydrogens is 218 g/mol. The van der Waals surface area contributed by atoms with Crippen LogP contribution in [0.25, 0.3) is 0 Å². The van der Waals surface area contributed by atoms with Crippen LogP contribution in [0.1, 0.15) is 40.5 Å². The van der Waals surface area contributed by atoms with Crippen LogP contribution in [0.2, 0.25) is 0 Å². The molecule has 0 spiro atoms. The highest BCUT2D eigenvalue weighted by molar-refractivity contribution is 6.18. The van der Waals surface area contributed by atoms with E-state index >= 15 is 0 Å². The number of hydrogen-bond acceptors (Lipinski definition) is 1. The summed E-state index contributed by atoms with van der Waals surface area (Å²) >= 11 is 5.98. The van der Waals surface area contributed by atoms with Crippen LogP contribution < -0.4 is 5.32 Å². The zero-order valence-electron chi connectivity index (χ0n) is 11.1. The van der Waals surface area contributed by atoms with Gasteiger partial charge in [-0.15, -0.1) is 11.6 Å². The van der Waals surface area contributed by atoms with Gasteiger partial charge in [0.15, 0.2) is 0 Å². The number of rotatable bonds is 8. The Hall–Kier alpha value is -0.430. The van der Waals surface area contributed by atoms with Crippen molar-refractivity contribution in [2.45, 2.75) is 46.6 Å². The molecule has 0 saturated carbocycles. The smallest absolute Gasteiger partial charge is 0.0606 e. The number of halogens is 1. The van der Waals surface area contributed by atoms with Gasteiger partial charge < -0.3 is 5.32 Å². The monoisotopic (exact) mass is 243 g/mol. The fourth-order valence-corrected chi connectivity index (χ4v) is 2.03. The standard InChI is InChI=1S/C14H26ClN/c1-7-13(8-2)12(6)16-14(9-15)11(5)10(3)4/h10,13-14,16H,5-9H2,1-4H3. The molecule has 16 heavy (non-hydrogen) atoms. The Morgan fingerprint density at radius 3 is 2.00 bits per heavy atom. The molecule has 1 N–H and O–H groups in total. The molecule has 0 aromatic rings. The average molecular weight is 244 g/mol. The van der Waals surface area contributed by atoms with E-state index in [-0.39, 0.29) is 6.04 Å². The van der Waals surface area contributed by atoms with Crippen molar-refractivity contribution >= 4 is 11.6 Å². The van der Waals surface area contributed by atoms with Crippen molar-refractivity contribution in [3.8, 4) is 0 Å². The topological polar surface area (TPSA) is 12.0 Å². The molecule has 0 fully saturated rings. The van der Waals surface area contributed by atoms with Crippen molar-refractivity contribution < 1.29 is 0 Å². The van der Waals surface area contributed by atoms with Crippen LogP contribution >= 0.6 is 11.6 Å². The second-order valence-electron chi connectivity index (χ2n) is 4.62. The predicted molar refractivity (Wildman–Crippen MR) is 74.8 cm³/mol. The van der Waals surface area contributed by atoms with Crippen LogP contribution in [0.4, 0.5) is 0 Å². The van der Waals surface area contributed by atoms with E-state index in [9.17, 15) is 0 Å². The van der Waals surface area contributed by atoms with E-state index in [1.54, 1.807) is 0 Å². The summed E-state index contributed by atoms with van der Waals surface area (Å²) in [6.07, 6.45) is 2.23. The molecule has 0 bridgehead atoms. The second kappa shape index (κ2) is 7.78. The molecule has 1 atom stereocenters. The molecule has 0 aliphatic rings. The third kappa shape index (κ3) is 4.61. The summed E-state index contributed by atoms with van der Waals surface area (Å²) in [5, 5.41) is 3.42. The molecule has 2 heteroatoms. The lowest BCUT2D eigenvalue weighted by Crippen LogP contribution is -2.35. The molecular formula is C14H26ClN. The van der Waals surface area contributed by atoms with Crippen molar-refractivity contribution in [3.05, 3.63) is 24.4 Å². The number of nitrogens with one attached hydrogen (secondary N) is 1. The van der Waals surface area contributed by atoms with Gasteiger partial charge in [-0.25, -0.2) is 0 Å². The molecule has 1 unspecified atom stereocenters. The van der Waals surface area contributed by atoms with Gasteiger partial charge in [-0.1, -0.05) is 46.4 Å². The Balaban J connectivity index is 4.43. The molecule has 0 heterocycles. The quantitative estimate of drug-likeness (QED) is 0.494. The zero-order valence-corrected chi connectivity index (χ0v) is 11.9. The zero-order chi connectivity index (χ0) is 12.7. The minimum absolute atomic E-state index is 0.148. The highest BCUT2D eigenvalue weighted by Gasteiger charge is 2.17. The van der Waals surface area contributed by atoms with E-state index in [4.69, 9.17) is 11.6 Å². The maximum absolute atomic E-state index is 5.98. The molecule has 94 valence electrons. The van der Waals surface area contributed by atoms with Gasteiger partial charge in [-0.3, -0.25) is 0 Å². The van der Waals surface area contributed by atoms with Crippen LogP contribution in [-0.2, 0) is 0 Å². The third-order valence-electron chi connectivity index (χ3n) is 3.18. The van der Waals surface area contributed by atoms with Crippen molar-refractivity contribution in [2.75, 3.05) is 5.88 Å². The van der Waals surface area contributed by atoms with Crippen LogP contribution in [-0.4, -0.2) is 11.9 Å². The third-order valence-corrected chi connectivity index (χ3v) is 3.49. The van der Waals surface area contributed by atoms with E-state index in [0.717, 1.165) is 24.1 Å². The normalized spacial score (nSPS) is 12.9. The molecule has 0 radical (unpaired) electrons. The van der Waals surface area contributed by atoms with Crippen LogP contribution in [0.5, 0.6) is 0 Å². The van der Waals surface area contributed by atoms with Crippen molar-refractivity contribution in [3.63, 3.8) is 0 Å². The van der Waals surface area contributed by atoms with Gasteiger partial charge in [0, 0.05) is 11.6 Å². The first-order valence-electron chi connectivity index (χ1n) is 6.17. The van der Waals surface area contributed by atoms with Gasteiger partial charge in [0.05, 0.1) is 6.04 Å². The number of allylic oxidation sites excluding steroid dienone is 1. The van der Waals surface area contributed by atoms with Gasteiger partial charge >= 0.3 is 0 Å². The van der Waals surface area contributed by atoms with Crippen LogP contribution in [0.15, 0.2) is 24.4 Å². The number of alkyl halides is 1.